The van der Waals surface area contributed by atoms with Gasteiger partial charge in [0.2, 0.25) is 5.91 Å². The Morgan fingerprint density at radius 1 is 0.955 bits per heavy atom. The van der Waals surface area contributed by atoms with Gasteiger partial charge in [0, 0.05) is 17.6 Å². The minimum Gasteiger partial charge on any atom is -0.325 e. The number of carbonyl (C=O) groups excluding carboxylic acids is 1. The van der Waals surface area contributed by atoms with E-state index in [1.807, 2.05) is 24.3 Å². The van der Waals surface area contributed by atoms with Gasteiger partial charge >= 0.3 is 0 Å². The summed E-state index contributed by atoms with van der Waals surface area (Å²) in [4.78, 5) is 12.4. The molecule has 0 fully saturated rings. The molecule has 1 N–H and O–H groups in total. The first-order valence-corrected chi connectivity index (χ1v) is 8.18. The van der Waals surface area contributed by atoms with Gasteiger partial charge in [-0.1, -0.05) is 54.6 Å². The van der Waals surface area contributed by atoms with Gasteiger partial charge in [-0.3, -0.25) is 4.79 Å². The number of fused-ring (bicyclic) bond motifs is 1. The fourth-order valence-electron chi connectivity index (χ4n) is 2.46. The Balaban J connectivity index is 1.84. The van der Waals surface area contributed by atoms with Gasteiger partial charge in [0.1, 0.15) is 0 Å². The van der Waals surface area contributed by atoms with E-state index in [1.54, 1.807) is 11.8 Å². The zero-order valence-corrected chi connectivity index (χ0v) is 13.2. The van der Waals surface area contributed by atoms with Gasteiger partial charge in [-0.05, 0) is 28.5 Å². The molecule has 0 unspecified atom stereocenters. The summed E-state index contributed by atoms with van der Waals surface area (Å²) in [6, 6.07) is 22.7. The molecule has 3 aromatic carbocycles. The molecule has 0 aromatic heterocycles. The first-order valence-electron chi connectivity index (χ1n) is 7.20. The lowest BCUT2D eigenvalue weighted by atomic mass is 10.1. The number of rotatable bonds is 4. The van der Waals surface area contributed by atoms with E-state index in [4.69, 9.17) is 0 Å². The summed E-state index contributed by atoms with van der Waals surface area (Å²) >= 11 is 1.74. The molecule has 0 saturated carbocycles. The zero-order valence-electron chi connectivity index (χ0n) is 12.4. The van der Waals surface area contributed by atoms with Crippen LogP contribution in [0.25, 0.3) is 10.8 Å². The summed E-state index contributed by atoms with van der Waals surface area (Å²) in [6.45, 7) is 1.53. The van der Waals surface area contributed by atoms with Crippen LogP contribution in [0.1, 0.15) is 12.5 Å². The highest BCUT2D eigenvalue weighted by molar-refractivity contribution is 7.98. The minimum absolute atomic E-state index is 0.0433. The average molecular weight is 307 g/mol. The predicted octanol–water partition coefficient (Wildman–Crippen LogP) is 5.09. The largest absolute Gasteiger partial charge is 0.325 e. The van der Waals surface area contributed by atoms with E-state index < -0.39 is 0 Å². The van der Waals surface area contributed by atoms with E-state index in [2.05, 4.69) is 47.8 Å². The van der Waals surface area contributed by atoms with Crippen LogP contribution >= 0.6 is 11.8 Å². The molecule has 0 bridgehead atoms. The van der Waals surface area contributed by atoms with Crippen molar-refractivity contribution >= 4 is 34.1 Å². The molecule has 0 aliphatic heterocycles. The Morgan fingerprint density at radius 3 is 2.55 bits per heavy atom. The SMILES string of the molecule is CC(=O)Nc1ccccc1SCc1cccc2ccccc12. The monoisotopic (exact) mass is 307 g/mol. The van der Waals surface area contributed by atoms with Crippen LogP contribution in [0.3, 0.4) is 0 Å². The van der Waals surface area contributed by atoms with Crippen LogP contribution in [-0.4, -0.2) is 5.91 Å². The summed E-state index contributed by atoms with van der Waals surface area (Å²) in [6.07, 6.45) is 0. The molecule has 0 radical (unpaired) electrons. The molecule has 3 rings (SSSR count). The van der Waals surface area contributed by atoms with E-state index in [0.29, 0.717) is 0 Å². The van der Waals surface area contributed by atoms with E-state index in [9.17, 15) is 4.79 Å². The molecule has 0 aliphatic rings. The Kier molecular flexibility index (Phi) is 4.45. The molecule has 0 aliphatic carbocycles. The minimum atomic E-state index is -0.0433. The second-order valence-corrected chi connectivity index (χ2v) is 6.12. The molecule has 2 nitrogen and oxygen atoms in total. The molecule has 0 saturated heterocycles. The van der Waals surface area contributed by atoms with Crippen LogP contribution < -0.4 is 5.32 Å². The van der Waals surface area contributed by atoms with Crippen molar-refractivity contribution in [3.05, 3.63) is 72.3 Å². The highest BCUT2D eigenvalue weighted by Gasteiger charge is 2.06. The van der Waals surface area contributed by atoms with Gasteiger partial charge < -0.3 is 5.32 Å². The average Bonchev–Trinajstić information content (AvgIpc) is 2.53. The summed E-state index contributed by atoms with van der Waals surface area (Å²) in [7, 11) is 0. The third kappa shape index (κ3) is 3.31. The molecular formula is C19H17NOS. The highest BCUT2D eigenvalue weighted by atomic mass is 32.2. The maximum absolute atomic E-state index is 11.3. The summed E-state index contributed by atoms with van der Waals surface area (Å²) in [5.41, 5.74) is 2.18. The van der Waals surface area contributed by atoms with Crippen LogP contribution in [0.4, 0.5) is 5.69 Å². The number of carbonyl (C=O) groups is 1. The lowest BCUT2D eigenvalue weighted by Crippen LogP contribution is -2.06. The predicted molar refractivity (Wildman–Crippen MR) is 94.3 cm³/mol. The fourth-order valence-corrected chi connectivity index (χ4v) is 3.47. The van der Waals surface area contributed by atoms with Gasteiger partial charge in [0.15, 0.2) is 0 Å². The molecule has 22 heavy (non-hydrogen) atoms. The Hall–Kier alpha value is -2.26. The molecular weight excluding hydrogens is 290 g/mol. The van der Waals surface area contributed by atoms with Crippen molar-refractivity contribution in [1.29, 1.82) is 0 Å². The first-order chi connectivity index (χ1) is 10.7. The quantitative estimate of drug-likeness (QED) is 0.680. The second kappa shape index (κ2) is 6.67. The van der Waals surface area contributed by atoms with Gasteiger partial charge in [-0.2, -0.15) is 0 Å². The number of benzene rings is 3. The van der Waals surface area contributed by atoms with E-state index in [1.165, 1.54) is 23.3 Å². The van der Waals surface area contributed by atoms with Crippen LogP contribution in [0, 0.1) is 0 Å². The Labute approximate surface area is 134 Å². The number of hydrogen-bond acceptors (Lipinski definition) is 2. The molecule has 3 heteroatoms. The van der Waals surface area contributed by atoms with Crippen LogP contribution in [0.2, 0.25) is 0 Å². The smallest absolute Gasteiger partial charge is 0.221 e. The van der Waals surface area contributed by atoms with Crippen molar-refractivity contribution in [3.8, 4) is 0 Å². The lowest BCUT2D eigenvalue weighted by Gasteiger charge is -2.10. The zero-order chi connectivity index (χ0) is 15.4. The Morgan fingerprint density at radius 2 is 1.68 bits per heavy atom. The van der Waals surface area contributed by atoms with Crippen molar-refractivity contribution in [3.63, 3.8) is 0 Å². The van der Waals surface area contributed by atoms with Crippen molar-refractivity contribution in [2.24, 2.45) is 0 Å². The lowest BCUT2D eigenvalue weighted by molar-refractivity contribution is -0.114. The fraction of sp³-hybridized carbons (Fsp3) is 0.105. The standard InChI is InChI=1S/C19H17NOS/c1-14(21)20-18-11-4-5-12-19(18)22-13-16-9-6-8-15-7-2-3-10-17(15)16/h2-12H,13H2,1H3,(H,20,21). The normalized spacial score (nSPS) is 10.6. The van der Waals surface area contributed by atoms with Crippen molar-refractivity contribution < 1.29 is 4.79 Å². The topological polar surface area (TPSA) is 29.1 Å². The highest BCUT2D eigenvalue weighted by Crippen LogP contribution is 2.31. The van der Waals surface area contributed by atoms with E-state index >= 15 is 0 Å². The Bertz CT molecular complexity index is 808. The second-order valence-electron chi connectivity index (χ2n) is 5.10. The number of nitrogens with one attached hydrogen (secondary N) is 1. The molecule has 0 heterocycles. The van der Waals surface area contributed by atoms with Gasteiger partial charge in [0.05, 0.1) is 5.69 Å². The van der Waals surface area contributed by atoms with Gasteiger partial charge in [-0.25, -0.2) is 0 Å². The summed E-state index contributed by atoms with van der Waals surface area (Å²) in [5.74, 6) is 0.830. The number of anilines is 1. The number of hydrogen-bond donors (Lipinski definition) is 1. The van der Waals surface area contributed by atoms with Crippen molar-refractivity contribution in [2.75, 3.05) is 5.32 Å². The van der Waals surface area contributed by atoms with Crippen LogP contribution in [-0.2, 0) is 10.5 Å². The molecule has 110 valence electrons. The van der Waals surface area contributed by atoms with Crippen LogP contribution in [0.15, 0.2) is 71.6 Å². The molecule has 3 aromatic rings. The third-order valence-corrected chi connectivity index (χ3v) is 4.58. The summed E-state index contributed by atoms with van der Waals surface area (Å²) < 4.78 is 0. The number of amides is 1. The maximum atomic E-state index is 11.3. The number of thioether (sulfide) groups is 1. The molecule has 0 atom stereocenters. The van der Waals surface area contributed by atoms with Gasteiger partial charge in [0.25, 0.3) is 0 Å². The van der Waals surface area contributed by atoms with Crippen LogP contribution in [0.5, 0.6) is 0 Å². The molecule has 0 spiro atoms. The van der Waals surface area contributed by atoms with Gasteiger partial charge in [-0.15, -0.1) is 11.8 Å². The number of para-hydroxylation sites is 1. The van der Waals surface area contributed by atoms with Crippen molar-refractivity contribution in [1.82, 2.24) is 0 Å². The molecule has 1 amide bonds. The first kappa shape index (κ1) is 14.7. The third-order valence-electron chi connectivity index (χ3n) is 3.46. The van der Waals surface area contributed by atoms with Crippen molar-refractivity contribution in [2.45, 2.75) is 17.6 Å². The summed E-state index contributed by atoms with van der Waals surface area (Å²) in [5, 5.41) is 5.43. The maximum Gasteiger partial charge on any atom is 0.221 e. The van der Waals surface area contributed by atoms with E-state index in [-0.39, 0.29) is 5.91 Å². The van der Waals surface area contributed by atoms with E-state index in [0.717, 1.165) is 16.3 Å².